The van der Waals surface area contributed by atoms with Gasteiger partial charge < -0.3 is 5.32 Å². The van der Waals surface area contributed by atoms with Crippen LogP contribution < -0.4 is 5.32 Å². The molecule has 0 radical (unpaired) electrons. The number of aromatic nitrogens is 1. The van der Waals surface area contributed by atoms with Crippen molar-refractivity contribution >= 4 is 28.9 Å². The Morgan fingerprint density at radius 1 is 1.22 bits per heavy atom. The van der Waals surface area contributed by atoms with Gasteiger partial charge in [-0.1, -0.05) is 29.3 Å². The van der Waals surface area contributed by atoms with E-state index in [9.17, 15) is 4.39 Å². The first-order chi connectivity index (χ1) is 8.56. The van der Waals surface area contributed by atoms with Crippen molar-refractivity contribution in [1.82, 2.24) is 4.98 Å². The Labute approximate surface area is 115 Å². The first kappa shape index (κ1) is 13.1. The maximum Gasteiger partial charge on any atom is 0.131 e. The van der Waals surface area contributed by atoms with Crippen molar-refractivity contribution in [3.05, 3.63) is 58.1 Å². The topological polar surface area (TPSA) is 24.9 Å². The van der Waals surface area contributed by atoms with E-state index in [-0.39, 0.29) is 11.9 Å². The van der Waals surface area contributed by atoms with Crippen LogP contribution in [0.4, 0.5) is 10.1 Å². The van der Waals surface area contributed by atoms with E-state index in [1.165, 1.54) is 12.1 Å². The van der Waals surface area contributed by atoms with Gasteiger partial charge in [-0.15, -0.1) is 0 Å². The molecule has 0 aliphatic rings. The smallest absolute Gasteiger partial charge is 0.131 e. The Hall–Kier alpha value is -1.32. The van der Waals surface area contributed by atoms with Crippen LogP contribution in [0.1, 0.15) is 18.5 Å². The van der Waals surface area contributed by atoms with Gasteiger partial charge in [-0.3, -0.25) is 0 Å². The zero-order valence-electron chi connectivity index (χ0n) is 9.62. The zero-order chi connectivity index (χ0) is 13.1. The van der Waals surface area contributed by atoms with Crippen LogP contribution in [0.15, 0.2) is 36.5 Å². The minimum Gasteiger partial charge on any atom is -0.378 e. The predicted octanol–water partition coefficient (Wildman–Crippen LogP) is 4.70. The van der Waals surface area contributed by atoms with Crippen LogP contribution in [-0.2, 0) is 0 Å². The van der Waals surface area contributed by atoms with Crippen molar-refractivity contribution in [3.63, 3.8) is 0 Å². The summed E-state index contributed by atoms with van der Waals surface area (Å²) in [7, 11) is 0. The molecule has 2 rings (SSSR count). The maximum absolute atomic E-state index is 13.0. The number of hydrogen-bond acceptors (Lipinski definition) is 2. The van der Waals surface area contributed by atoms with Gasteiger partial charge >= 0.3 is 0 Å². The summed E-state index contributed by atoms with van der Waals surface area (Å²) in [6, 6.07) is 7.82. The second kappa shape index (κ2) is 5.55. The quantitative estimate of drug-likeness (QED) is 0.827. The van der Waals surface area contributed by atoms with Crippen LogP contribution in [0, 0.1) is 5.82 Å². The third kappa shape index (κ3) is 3.12. The van der Waals surface area contributed by atoms with Gasteiger partial charge in [0.25, 0.3) is 0 Å². The number of nitrogens with one attached hydrogen (secondary N) is 1. The molecular weight excluding hydrogens is 274 g/mol. The van der Waals surface area contributed by atoms with Crippen molar-refractivity contribution in [2.75, 3.05) is 5.32 Å². The highest BCUT2D eigenvalue weighted by Gasteiger charge is 2.10. The Morgan fingerprint density at radius 2 is 2.00 bits per heavy atom. The van der Waals surface area contributed by atoms with Gasteiger partial charge in [0.15, 0.2) is 0 Å². The number of halogens is 3. The molecule has 5 heteroatoms. The fraction of sp³-hybridized carbons (Fsp3) is 0.154. The highest BCUT2D eigenvalue weighted by molar-refractivity contribution is 6.31. The Bertz CT molecular complexity index is 560. The van der Waals surface area contributed by atoms with Crippen LogP contribution >= 0.6 is 23.2 Å². The summed E-state index contributed by atoms with van der Waals surface area (Å²) in [6.45, 7) is 1.94. The molecule has 1 atom stereocenters. The van der Waals surface area contributed by atoms with E-state index in [4.69, 9.17) is 23.2 Å². The molecule has 0 amide bonds. The molecule has 0 bridgehead atoms. The number of pyridine rings is 1. The average molecular weight is 285 g/mol. The van der Waals surface area contributed by atoms with Crippen LogP contribution in [0.25, 0.3) is 0 Å². The lowest BCUT2D eigenvalue weighted by atomic mass is 10.1. The van der Waals surface area contributed by atoms with E-state index in [1.807, 2.05) is 6.92 Å². The fourth-order valence-corrected chi connectivity index (χ4v) is 2.18. The molecule has 2 nitrogen and oxygen atoms in total. The standard InChI is InChI=1S/C13H11Cl2FN2/c1-8(11-3-2-9(16)6-12(11)14)18-10-4-5-17-13(15)7-10/h2-8H,1H3,(H,17,18). The molecule has 1 aromatic heterocycles. The third-order valence-electron chi connectivity index (χ3n) is 2.54. The maximum atomic E-state index is 13.0. The van der Waals surface area contributed by atoms with E-state index in [0.29, 0.717) is 10.2 Å². The first-order valence-electron chi connectivity index (χ1n) is 5.39. The molecule has 1 heterocycles. The lowest BCUT2D eigenvalue weighted by Crippen LogP contribution is -2.07. The molecule has 0 saturated heterocycles. The zero-order valence-corrected chi connectivity index (χ0v) is 11.1. The molecule has 2 aromatic rings. The van der Waals surface area contributed by atoms with Crippen LogP contribution in [0.3, 0.4) is 0 Å². The lowest BCUT2D eigenvalue weighted by molar-refractivity contribution is 0.626. The minimum absolute atomic E-state index is 0.0587. The van der Waals surface area contributed by atoms with Crippen LogP contribution in [0.5, 0.6) is 0 Å². The Morgan fingerprint density at radius 3 is 2.67 bits per heavy atom. The normalized spacial score (nSPS) is 12.2. The van der Waals surface area contributed by atoms with E-state index in [0.717, 1.165) is 11.3 Å². The van der Waals surface area contributed by atoms with Gasteiger partial charge in [-0.2, -0.15) is 0 Å². The number of anilines is 1. The average Bonchev–Trinajstić information content (AvgIpc) is 2.28. The number of rotatable bonds is 3. The highest BCUT2D eigenvalue weighted by Crippen LogP contribution is 2.27. The minimum atomic E-state index is -0.345. The predicted molar refractivity (Wildman–Crippen MR) is 72.7 cm³/mol. The molecule has 0 spiro atoms. The Balaban J connectivity index is 2.19. The molecule has 0 fully saturated rings. The summed E-state index contributed by atoms with van der Waals surface area (Å²) in [5.74, 6) is -0.345. The Kier molecular flexibility index (Phi) is 4.04. The van der Waals surface area contributed by atoms with Gasteiger partial charge in [-0.05, 0) is 36.8 Å². The lowest BCUT2D eigenvalue weighted by Gasteiger charge is -2.17. The van der Waals surface area contributed by atoms with Gasteiger partial charge in [-0.25, -0.2) is 9.37 Å². The van der Waals surface area contributed by atoms with E-state index in [1.54, 1.807) is 24.4 Å². The molecular formula is C13H11Cl2FN2. The van der Waals surface area contributed by atoms with E-state index < -0.39 is 0 Å². The first-order valence-corrected chi connectivity index (χ1v) is 6.15. The molecule has 0 aliphatic heterocycles. The van der Waals surface area contributed by atoms with Crippen LogP contribution in [-0.4, -0.2) is 4.98 Å². The summed E-state index contributed by atoms with van der Waals surface area (Å²) >= 11 is 11.8. The van der Waals surface area contributed by atoms with Crippen molar-refractivity contribution in [2.45, 2.75) is 13.0 Å². The van der Waals surface area contributed by atoms with Crippen molar-refractivity contribution < 1.29 is 4.39 Å². The van der Waals surface area contributed by atoms with E-state index >= 15 is 0 Å². The monoisotopic (exact) mass is 284 g/mol. The van der Waals surface area contributed by atoms with Crippen molar-refractivity contribution in [3.8, 4) is 0 Å². The second-order valence-electron chi connectivity index (χ2n) is 3.90. The van der Waals surface area contributed by atoms with Gasteiger partial charge in [0, 0.05) is 22.9 Å². The molecule has 18 heavy (non-hydrogen) atoms. The summed E-state index contributed by atoms with van der Waals surface area (Å²) in [5.41, 5.74) is 1.66. The molecule has 94 valence electrons. The van der Waals surface area contributed by atoms with Crippen LogP contribution in [0.2, 0.25) is 10.2 Å². The van der Waals surface area contributed by atoms with Crippen molar-refractivity contribution in [2.24, 2.45) is 0 Å². The summed E-state index contributed by atoms with van der Waals surface area (Å²) < 4.78 is 13.0. The number of benzene rings is 1. The SMILES string of the molecule is CC(Nc1ccnc(Cl)c1)c1ccc(F)cc1Cl. The fourth-order valence-electron chi connectivity index (χ4n) is 1.67. The molecule has 0 saturated carbocycles. The molecule has 1 unspecified atom stereocenters. The second-order valence-corrected chi connectivity index (χ2v) is 4.69. The van der Waals surface area contributed by atoms with Gasteiger partial charge in [0.2, 0.25) is 0 Å². The summed E-state index contributed by atoms with van der Waals surface area (Å²) in [6.07, 6.45) is 1.61. The summed E-state index contributed by atoms with van der Waals surface area (Å²) in [5, 5.41) is 4.04. The molecule has 0 aliphatic carbocycles. The third-order valence-corrected chi connectivity index (χ3v) is 3.07. The van der Waals surface area contributed by atoms with E-state index in [2.05, 4.69) is 10.3 Å². The number of nitrogens with zero attached hydrogens (tertiary/aromatic N) is 1. The molecule has 1 N–H and O–H groups in total. The summed E-state index contributed by atoms with van der Waals surface area (Å²) in [4.78, 5) is 3.90. The van der Waals surface area contributed by atoms with Gasteiger partial charge in [0.05, 0.1) is 0 Å². The van der Waals surface area contributed by atoms with Gasteiger partial charge in [0.1, 0.15) is 11.0 Å². The van der Waals surface area contributed by atoms with Crippen molar-refractivity contribution in [1.29, 1.82) is 0 Å². The number of hydrogen-bond donors (Lipinski definition) is 1. The highest BCUT2D eigenvalue weighted by atomic mass is 35.5. The molecule has 1 aromatic carbocycles. The largest absolute Gasteiger partial charge is 0.378 e.